The number of rotatable bonds is 6. The first-order chi connectivity index (χ1) is 11.2. The standard InChI is InChI=1S/C20H28O3Si/c1-20(2,3)24(5,6)23-19-12-7-9-16(13-19)15-22-18-11-8-10-17(14-18)21-4/h7-14H,15H2,1-6H3. The van der Waals surface area contributed by atoms with Gasteiger partial charge < -0.3 is 13.9 Å². The minimum Gasteiger partial charge on any atom is -0.543 e. The van der Waals surface area contributed by atoms with Crippen molar-refractivity contribution in [2.24, 2.45) is 0 Å². The summed E-state index contributed by atoms with van der Waals surface area (Å²) in [5, 5.41) is 0.181. The third-order valence-electron chi connectivity index (χ3n) is 4.52. The molecule has 0 fully saturated rings. The largest absolute Gasteiger partial charge is 0.543 e. The summed E-state index contributed by atoms with van der Waals surface area (Å²) < 4.78 is 17.4. The predicted molar refractivity (Wildman–Crippen MR) is 102 cm³/mol. The van der Waals surface area contributed by atoms with Gasteiger partial charge in [0.1, 0.15) is 23.9 Å². The topological polar surface area (TPSA) is 27.7 Å². The van der Waals surface area contributed by atoms with Gasteiger partial charge in [-0.15, -0.1) is 0 Å². The normalized spacial score (nSPS) is 11.9. The lowest BCUT2D eigenvalue weighted by atomic mass is 10.2. The first-order valence-corrected chi connectivity index (χ1v) is 11.2. The average Bonchev–Trinajstić information content (AvgIpc) is 2.52. The maximum absolute atomic E-state index is 6.36. The average molecular weight is 345 g/mol. The van der Waals surface area contributed by atoms with Crippen molar-refractivity contribution in [3.05, 3.63) is 54.1 Å². The van der Waals surface area contributed by atoms with Gasteiger partial charge in [-0.05, 0) is 48.0 Å². The number of benzene rings is 2. The maximum atomic E-state index is 6.36. The van der Waals surface area contributed by atoms with E-state index in [1.165, 1.54) is 0 Å². The summed E-state index contributed by atoms with van der Waals surface area (Å²) >= 11 is 0. The summed E-state index contributed by atoms with van der Waals surface area (Å²) in [4.78, 5) is 0. The molecule has 0 aliphatic rings. The van der Waals surface area contributed by atoms with E-state index in [4.69, 9.17) is 13.9 Å². The van der Waals surface area contributed by atoms with Crippen molar-refractivity contribution in [1.82, 2.24) is 0 Å². The molecule has 0 unspecified atom stereocenters. The van der Waals surface area contributed by atoms with Gasteiger partial charge in [0.15, 0.2) is 0 Å². The van der Waals surface area contributed by atoms with Crippen LogP contribution in [0.25, 0.3) is 0 Å². The Labute approximate surface area is 146 Å². The van der Waals surface area contributed by atoms with Crippen LogP contribution in [0.2, 0.25) is 18.1 Å². The van der Waals surface area contributed by atoms with Crippen molar-refractivity contribution in [2.75, 3.05) is 7.11 Å². The summed E-state index contributed by atoms with van der Waals surface area (Å²) in [7, 11) is -0.172. The molecular formula is C20H28O3Si. The van der Waals surface area contributed by atoms with Crippen molar-refractivity contribution in [3.63, 3.8) is 0 Å². The molecule has 0 saturated carbocycles. The van der Waals surface area contributed by atoms with Gasteiger partial charge in [0.2, 0.25) is 8.32 Å². The summed E-state index contributed by atoms with van der Waals surface area (Å²) in [6, 6.07) is 15.8. The molecule has 4 heteroatoms. The van der Waals surface area contributed by atoms with Crippen molar-refractivity contribution in [1.29, 1.82) is 0 Å². The second kappa shape index (κ2) is 7.30. The molecule has 0 atom stereocenters. The monoisotopic (exact) mass is 344 g/mol. The second-order valence-electron chi connectivity index (χ2n) is 7.48. The highest BCUT2D eigenvalue weighted by molar-refractivity contribution is 6.74. The Balaban J connectivity index is 2.05. The molecule has 0 aliphatic carbocycles. The summed E-state index contributed by atoms with van der Waals surface area (Å²) in [5.41, 5.74) is 1.09. The molecule has 0 amide bonds. The highest BCUT2D eigenvalue weighted by Crippen LogP contribution is 2.37. The van der Waals surface area contributed by atoms with E-state index in [0.29, 0.717) is 6.61 Å². The van der Waals surface area contributed by atoms with E-state index in [0.717, 1.165) is 22.8 Å². The van der Waals surface area contributed by atoms with Gasteiger partial charge in [-0.3, -0.25) is 0 Å². The molecule has 0 heterocycles. The molecule has 0 radical (unpaired) electrons. The van der Waals surface area contributed by atoms with Gasteiger partial charge in [0.05, 0.1) is 7.11 Å². The van der Waals surface area contributed by atoms with E-state index in [9.17, 15) is 0 Å². The van der Waals surface area contributed by atoms with Crippen molar-refractivity contribution in [3.8, 4) is 17.2 Å². The van der Waals surface area contributed by atoms with Crippen molar-refractivity contribution in [2.45, 2.75) is 45.5 Å². The van der Waals surface area contributed by atoms with Crippen LogP contribution in [0.3, 0.4) is 0 Å². The quantitative estimate of drug-likeness (QED) is 0.633. The van der Waals surface area contributed by atoms with Crippen molar-refractivity contribution < 1.29 is 13.9 Å². The molecule has 2 aromatic rings. The van der Waals surface area contributed by atoms with E-state index in [-0.39, 0.29) is 5.04 Å². The molecule has 0 bridgehead atoms. The third-order valence-corrected chi connectivity index (χ3v) is 8.88. The zero-order valence-corrected chi connectivity index (χ0v) is 16.6. The van der Waals surface area contributed by atoms with E-state index in [2.05, 4.69) is 46.0 Å². The Morgan fingerprint density at radius 2 is 1.50 bits per heavy atom. The lowest BCUT2D eigenvalue weighted by molar-refractivity contribution is 0.303. The minimum absolute atomic E-state index is 0.181. The summed E-state index contributed by atoms with van der Waals surface area (Å²) in [6.45, 7) is 11.7. The van der Waals surface area contributed by atoms with E-state index < -0.39 is 8.32 Å². The fraction of sp³-hybridized carbons (Fsp3) is 0.400. The molecule has 24 heavy (non-hydrogen) atoms. The van der Waals surface area contributed by atoms with Gasteiger partial charge in [0.25, 0.3) is 0 Å². The van der Waals surface area contributed by atoms with Crippen LogP contribution >= 0.6 is 0 Å². The van der Waals surface area contributed by atoms with Gasteiger partial charge in [-0.25, -0.2) is 0 Å². The summed E-state index contributed by atoms with van der Waals surface area (Å²) in [5.74, 6) is 2.51. The Kier molecular flexibility index (Phi) is 5.60. The van der Waals surface area contributed by atoms with Gasteiger partial charge in [-0.2, -0.15) is 0 Å². The Morgan fingerprint density at radius 1 is 0.875 bits per heavy atom. The minimum atomic E-state index is -1.83. The predicted octanol–water partition coefficient (Wildman–Crippen LogP) is 5.66. The lowest BCUT2D eigenvalue weighted by Gasteiger charge is -2.36. The number of methoxy groups -OCH3 is 1. The van der Waals surface area contributed by atoms with Crippen molar-refractivity contribution >= 4 is 8.32 Å². The molecule has 3 nitrogen and oxygen atoms in total. The number of ether oxygens (including phenoxy) is 2. The van der Waals surface area contributed by atoms with Gasteiger partial charge >= 0.3 is 0 Å². The fourth-order valence-corrected chi connectivity index (χ4v) is 3.03. The highest BCUT2D eigenvalue weighted by Gasteiger charge is 2.38. The van der Waals surface area contributed by atoms with Gasteiger partial charge in [-0.1, -0.05) is 39.0 Å². The van der Waals surface area contributed by atoms with Crippen LogP contribution in [0.1, 0.15) is 26.3 Å². The molecule has 0 saturated heterocycles. The van der Waals surface area contributed by atoms with Crippen LogP contribution < -0.4 is 13.9 Å². The van der Waals surface area contributed by atoms with E-state index in [1.807, 2.05) is 36.4 Å². The van der Waals surface area contributed by atoms with E-state index >= 15 is 0 Å². The number of hydrogen-bond donors (Lipinski definition) is 0. The van der Waals surface area contributed by atoms with E-state index in [1.54, 1.807) is 7.11 Å². The smallest absolute Gasteiger partial charge is 0.250 e. The van der Waals surface area contributed by atoms with Crippen LogP contribution in [-0.4, -0.2) is 15.4 Å². The zero-order valence-electron chi connectivity index (χ0n) is 15.6. The molecule has 2 rings (SSSR count). The van der Waals surface area contributed by atoms with Gasteiger partial charge in [0, 0.05) is 6.07 Å². The first-order valence-electron chi connectivity index (χ1n) is 8.26. The number of hydrogen-bond acceptors (Lipinski definition) is 3. The summed E-state index contributed by atoms with van der Waals surface area (Å²) in [6.07, 6.45) is 0. The molecular weight excluding hydrogens is 316 g/mol. The third kappa shape index (κ3) is 4.77. The molecule has 0 aliphatic heterocycles. The van der Waals surface area contributed by atoms with Crippen LogP contribution in [0.5, 0.6) is 17.2 Å². The lowest BCUT2D eigenvalue weighted by Crippen LogP contribution is -2.43. The second-order valence-corrected chi connectivity index (χ2v) is 12.2. The SMILES string of the molecule is COc1cccc(OCc2cccc(O[Si](C)(C)C(C)(C)C)c2)c1. The fourth-order valence-electron chi connectivity index (χ4n) is 2.00. The first kappa shape index (κ1) is 18.4. The Hall–Kier alpha value is -1.94. The molecule has 0 aromatic heterocycles. The highest BCUT2D eigenvalue weighted by atomic mass is 28.4. The van der Waals surface area contributed by atoms with Crippen LogP contribution in [0, 0.1) is 0 Å². The van der Waals surface area contributed by atoms with Crippen LogP contribution in [0.4, 0.5) is 0 Å². The Morgan fingerprint density at radius 3 is 2.17 bits per heavy atom. The molecule has 2 aromatic carbocycles. The molecule has 0 N–H and O–H groups in total. The maximum Gasteiger partial charge on any atom is 0.250 e. The zero-order chi connectivity index (χ0) is 17.8. The van der Waals surface area contributed by atoms with Crippen LogP contribution in [0.15, 0.2) is 48.5 Å². The molecule has 130 valence electrons. The Bertz CT molecular complexity index is 675. The van der Waals surface area contributed by atoms with Crippen LogP contribution in [-0.2, 0) is 6.61 Å². The molecule has 0 spiro atoms.